The molecule has 0 spiro atoms. The Morgan fingerprint density at radius 3 is 2.90 bits per heavy atom. The molecule has 0 bridgehead atoms. The highest BCUT2D eigenvalue weighted by Gasteiger charge is 2.16. The van der Waals surface area contributed by atoms with Gasteiger partial charge in [-0.15, -0.1) is 0 Å². The van der Waals surface area contributed by atoms with Crippen molar-refractivity contribution in [3.63, 3.8) is 0 Å². The van der Waals surface area contributed by atoms with Crippen molar-refractivity contribution in [3.8, 4) is 0 Å². The van der Waals surface area contributed by atoms with Crippen molar-refractivity contribution in [2.75, 3.05) is 0 Å². The minimum atomic E-state index is -0.886. The molecule has 106 valence electrons. The summed E-state index contributed by atoms with van der Waals surface area (Å²) in [4.78, 5) is 10.9. The lowest BCUT2D eigenvalue weighted by Gasteiger charge is -2.16. The molecule has 0 aliphatic heterocycles. The van der Waals surface area contributed by atoms with E-state index in [0.717, 1.165) is 10.0 Å². The van der Waals surface area contributed by atoms with Crippen LogP contribution in [0.3, 0.4) is 0 Å². The zero-order valence-corrected chi connectivity index (χ0v) is 12.9. The number of rotatable bonds is 6. The third kappa shape index (κ3) is 4.13. The van der Waals surface area contributed by atoms with Crippen LogP contribution in [0.25, 0.3) is 0 Å². The molecule has 0 unspecified atom stereocenters. The Balaban J connectivity index is 2.08. The van der Waals surface area contributed by atoms with Crippen molar-refractivity contribution in [2.24, 2.45) is 0 Å². The van der Waals surface area contributed by atoms with Crippen molar-refractivity contribution in [2.45, 2.75) is 19.0 Å². The van der Waals surface area contributed by atoms with Gasteiger partial charge in [0, 0.05) is 22.6 Å². The van der Waals surface area contributed by atoms with Crippen LogP contribution in [0.15, 0.2) is 39.5 Å². The van der Waals surface area contributed by atoms with Crippen molar-refractivity contribution >= 4 is 33.2 Å². The van der Waals surface area contributed by atoms with Crippen LogP contribution in [0.4, 0.5) is 4.39 Å². The second-order valence-electron chi connectivity index (χ2n) is 4.32. The maximum atomic E-state index is 13.6. The molecule has 1 heterocycles. The van der Waals surface area contributed by atoms with Gasteiger partial charge in [0.1, 0.15) is 5.82 Å². The Bertz CT molecular complexity index is 589. The molecule has 0 fully saturated rings. The molecule has 0 saturated heterocycles. The van der Waals surface area contributed by atoms with Gasteiger partial charge in [-0.25, -0.2) is 4.39 Å². The van der Waals surface area contributed by atoms with E-state index in [4.69, 9.17) is 5.11 Å². The summed E-state index contributed by atoms with van der Waals surface area (Å²) in [5.41, 5.74) is 1.41. The smallest absolute Gasteiger partial charge is 0.305 e. The quantitative estimate of drug-likeness (QED) is 0.822. The van der Waals surface area contributed by atoms with Gasteiger partial charge in [-0.2, -0.15) is 11.3 Å². The van der Waals surface area contributed by atoms with Crippen molar-refractivity contribution < 1.29 is 14.3 Å². The highest BCUT2D eigenvalue weighted by molar-refractivity contribution is 9.10. The first kappa shape index (κ1) is 15.2. The molecule has 20 heavy (non-hydrogen) atoms. The van der Waals surface area contributed by atoms with Gasteiger partial charge in [0.2, 0.25) is 0 Å². The zero-order chi connectivity index (χ0) is 14.5. The average molecular weight is 358 g/mol. The molecule has 0 saturated carbocycles. The third-order valence-electron chi connectivity index (χ3n) is 2.87. The predicted octanol–water partition coefficient (Wildman–Crippen LogP) is 3.96. The van der Waals surface area contributed by atoms with Gasteiger partial charge >= 0.3 is 5.97 Å². The second-order valence-corrected chi connectivity index (χ2v) is 6.02. The van der Waals surface area contributed by atoms with Gasteiger partial charge in [-0.05, 0) is 40.6 Å². The standard InChI is InChI=1S/C14H13BrFNO2S/c15-11-1-2-12(16)10(5-11)7-17-13(6-14(18)19)9-3-4-20-8-9/h1-5,8,13,17H,6-7H2,(H,18,19)/t13-/m1/s1. The number of thiophene rings is 1. The first-order valence-corrected chi connectivity index (χ1v) is 7.71. The minimum Gasteiger partial charge on any atom is -0.481 e. The Morgan fingerprint density at radius 1 is 1.45 bits per heavy atom. The lowest BCUT2D eigenvalue weighted by atomic mass is 10.1. The zero-order valence-electron chi connectivity index (χ0n) is 10.5. The highest BCUT2D eigenvalue weighted by atomic mass is 79.9. The molecule has 0 aliphatic rings. The van der Waals surface area contributed by atoms with E-state index in [1.807, 2.05) is 16.8 Å². The van der Waals surface area contributed by atoms with E-state index in [-0.39, 0.29) is 24.8 Å². The normalized spacial score (nSPS) is 12.3. The summed E-state index contributed by atoms with van der Waals surface area (Å²) >= 11 is 4.80. The van der Waals surface area contributed by atoms with Gasteiger partial charge in [-0.3, -0.25) is 4.79 Å². The number of hydrogen-bond donors (Lipinski definition) is 2. The van der Waals surface area contributed by atoms with E-state index >= 15 is 0 Å². The van der Waals surface area contributed by atoms with Gasteiger partial charge < -0.3 is 10.4 Å². The van der Waals surface area contributed by atoms with E-state index in [2.05, 4.69) is 21.2 Å². The third-order valence-corrected chi connectivity index (χ3v) is 4.07. The first-order chi connectivity index (χ1) is 9.56. The fourth-order valence-electron chi connectivity index (χ4n) is 1.87. The van der Waals surface area contributed by atoms with Gasteiger partial charge in [0.05, 0.1) is 6.42 Å². The number of halogens is 2. The van der Waals surface area contributed by atoms with Crippen LogP contribution in [0.5, 0.6) is 0 Å². The van der Waals surface area contributed by atoms with Gasteiger partial charge in [0.15, 0.2) is 0 Å². The van der Waals surface area contributed by atoms with Crippen LogP contribution in [0, 0.1) is 5.82 Å². The molecule has 0 aliphatic carbocycles. The first-order valence-electron chi connectivity index (χ1n) is 5.97. The largest absolute Gasteiger partial charge is 0.481 e. The van der Waals surface area contributed by atoms with Crippen molar-refractivity contribution in [1.29, 1.82) is 0 Å². The van der Waals surface area contributed by atoms with Crippen molar-refractivity contribution in [1.82, 2.24) is 5.32 Å². The minimum absolute atomic E-state index is 0.0354. The topological polar surface area (TPSA) is 49.3 Å². The van der Waals surface area contributed by atoms with Crippen LogP contribution in [0.1, 0.15) is 23.6 Å². The average Bonchev–Trinajstić information content (AvgIpc) is 2.91. The van der Waals surface area contributed by atoms with Crippen LogP contribution < -0.4 is 5.32 Å². The van der Waals surface area contributed by atoms with Crippen LogP contribution in [-0.2, 0) is 11.3 Å². The second kappa shape index (κ2) is 6.97. The number of nitrogens with one attached hydrogen (secondary N) is 1. The molecule has 2 rings (SSSR count). The number of benzene rings is 1. The highest BCUT2D eigenvalue weighted by Crippen LogP contribution is 2.21. The van der Waals surface area contributed by atoms with E-state index in [9.17, 15) is 9.18 Å². The molecule has 3 nitrogen and oxygen atoms in total. The Hall–Kier alpha value is -1.24. The number of aliphatic carboxylic acids is 1. The number of hydrogen-bond acceptors (Lipinski definition) is 3. The molecule has 1 atom stereocenters. The van der Waals surface area contributed by atoms with Gasteiger partial charge in [-0.1, -0.05) is 15.9 Å². The lowest BCUT2D eigenvalue weighted by Crippen LogP contribution is -2.23. The van der Waals surface area contributed by atoms with Crippen LogP contribution in [-0.4, -0.2) is 11.1 Å². The Morgan fingerprint density at radius 2 is 2.25 bits per heavy atom. The fourth-order valence-corrected chi connectivity index (χ4v) is 2.99. The molecule has 2 N–H and O–H groups in total. The summed E-state index contributed by atoms with van der Waals surface area (Å²) < 4.78 is 14.4. The molecule has 0 radical (unpaired) electrons. The summed E-state index contributed by atoms with van der Waals surface area (Å²) in [6, 6.07) is 6.26. The van der Waals surface area contributed by atoms with E-state index < -0.39 is 5.97 Å². The summed E-state index contributed by atoms with van der Waals surface area (Å²) in [5, 5.41) is 15.9. The maximum Gasteiger partial charge on any atom is 0.305 e. The summed E-state index contributed by atoms with van der Waals surface area (Å²) in [5.74, 6) is -1.19. The lowest BCUT2D eigenvalue weighted by molar-refractivity contribution is -0.137. The Kier molecular flexibility index (Phi) is 5.28. The molecule has 0 amide bonds. The molecule has 6 heteroatoms. The molecular formula is C14H13BrFNO2S. The SMILES string of the molecule is O=C(O)C[C@@H](NCc1cc(Br)ccc1F)c1ccsc1. The summed E-state index contributed by atoms with van der Waals surface area (Å²) in [6.07, 6.45) is -0.0354. The molecular weight excluding hydrogens is 345 g/mol. The monoisotopic (exact) mass is 357 g/mol. The number of carboxylic acids is 1. The summed E-state index contributed by atoms with van der Waals surface area (Å²) in [7, 11) is 0. The van der Waals surface area contributed by atoms with Crippen LogP contribution in [0.2, 0.25) is 0 Å². The maximum absolute atomic E-state index is 13.6. The van der Waals surface area contributed by atoms with Crippen LogP contribution >= 0.6 is 27.3 Å². The molecule has 1 aromatic carbocycles. The number of carboxylic acid groups (broad SMARTS) is 1. The molecule has 2 aromatic rings. The number of carbonyl (C=O) groups is 1. The van der Waals surface area contributed by atoms with E-state index in [1.165, 1.54) is 17.4 Å². The van der Waals surface area contributed by atoms with E-state index in [0.29, 0.717) is 5.56 Å². The fraction of sp³-hybridized carbons (Fsp3) is 0.214. The van der Waals surface area contributed by atoms with Gasteiger partial charge in [0.25, 0.3) is 0 Å². The van der Waals surface area contributed by atoms with Crippen molar-refractivity contribution in [3.05, 3.63) is 56.4 Å². The van der Waals surface area contributed by atoms with E-state index in [1.54, 1.807) is 12.1 Å². The summed E-state index contributed by atoms with van der Waals surface area (Å²) in [6.45, 7) is 0.277. The Labute approximate surface area is 128 Å². The predicted molar refractivity (Wildman–Crippen MR) is 80.3 cm³/mol. The molecule has 1 aromatic heterocycles.